The van der Waals surface area contributed by atoms with E-state index in [1.807, 2.05) is 37.4 Å². The number of aryl methyl sites for hydroxylation is 2. The first-order valence-corrected chi connectivity index (χ1v) is 9.13. The minimum Gasteiger partial charge on any atom is -0.488 e. The van der Waals surface area contributed by atoms with E-state index in [4.69, 9.17) is 21.4 Å². The van der Waals surface area contributed by atoms with Crippen LogP contribution in [-0.2, 0) is 6.61 Å². The lowest BCUT2D eigenvalue weighted by Crippen LogP contribution is -2.11. The molecule has 0 radical (unpaired) electrons. The number of carboxylic acid groups (broad SMARTS) is 1. The number of thiazole rings is 1. The largest absolute Gasteiger partial charge is 0.488 e. The Bertz CT molecular complexity index is 956. The number of carbonyl (C=O) groups is 1. The van der Waals surface area contributed by atoms with Crippen LogP contribution in [0.5, 0.6) is 5.75 Å². The molecule has 0 aliphatic carbocycles. The number of hydrogen-bond donors (Lipinski definition) is 2. The number of ether oxygens (including phenoxy) is 1. The predicted octanol–water partition coefficient (Wildman–Crippen LogP) is 5.75. The molecule has 2 aromatic carbocycles. The van der Waals surface area contributed by atoms with E-state index in [9.17, 15) is 4.79 Å². The van der Waals surface area contributed by atoms with E-state index in [1.54, 1.807) is 29.5 Å². The van der Waals surface area contributed by atoms with Gasteiger partial charge in [0.1, 0.15) is 17.4 Å². The summed E-state index contributed by atoms with van der Waals surface area (Å²) in [4.78, 5) is 15.4. The summed E-state index contributed by atoms with van der Waals surface area (Å²) in [5.74, 6) is 0.711. The molecule has 0 saturated carbocycles. The number of anilines is 1. The van der Waals surface area contributed by atoms with Gasteiger partial charge in [-0.2, -0.15) is 0 Å². The molecular formula is C19H17ClN2O3S. The SMILES string of the molecule is Cc1csc(-c2ccc(OCc3c(Cl)cccc3NC(=O)O)c(C)c2)n1. The van der Waals surface area contributed by atoms with Crippen LogP contribution >= 0.6 is 22.9 Å². The van der Waals surface area contributed by atoms with Crippen molar-refractivity contribution in [1.29, 1.82) is 0 Å². The molecule has 0 bridgehead atoms. The highest BCUT2D eigenvalue weighted by molar-refractivity contribution is 7.13. The lowest BCUT2D eigenvalue weighted by atomic mass is 10.1. The van der Waals surface area contributed by atoms with Crippen LogP contribution in [0.4, 0.5) is 10.5 Å². The van der Waals surface area contributed by atoms with Crippen molar-refractivity contribution in [2.45, 2.75) is 20.5 Å². The third-order valence-corrected chi connectivity index (χ3v) is 5.14. The standard InChI is InChI=1S/C19H17ClN2O3S/c1-11-8-13(18-21-12(2)10-26-18)6-7-17(11)25-9-14-15(20)4-3-5-16(14)22-19(23)24/h3-8,10,22H,9H2,1-2H3,(H,23,24). The number of rotatable bonds is 5. The second-order valence-corrected chi connectivity index (χ2v) is 7.02. The van der Waals surface area contributed by atoms with E-state index in [2.05, 4.69) is 10.3 Å². The van der Waals surface area contributed by atoms with Gasteiger partial charge >= 0.3 is 6.09 Å². The van der Waals surface area contributed by atoms with Crippen molar-refractivity contribution in [3.63, 3.8) is 0 Å². The smallest absolute Gasteiger partial charge is 0.409 e. The van der Waals surface area contributed by atoms with Gasteiger partial charge in [-0.1, -0.05) is 17.7 Å². The molecule has 0 fully saturated rings. The Kier molecular flexibility index (Phi) is 5.44. The maximum atomic E-state index is 10.9. The number of nitrogens with zero attached hydrogens (tertiary/aromatic N) is 1. The van der Waals surface area contributed by atoms with Gasteiger partial charge in [-0.25, -0.2) is 9.78 Å². The highest BCUT2D eigenvalue weighted by Gasteiger charge is 2.12. The molecule has 0 aliphatic heterocycles. The Balaban J connectivity index is 1.79. The normalized spacial score (nSPS) is 10.6. The summed E-state index contributed by atoms with van der Waals surface area (Å²) >= 11 is 7.81. The fourth-order valence-electron chi connectivity index (χ4n) is 2.52. The second kappa shape index (κ2) is 7.76. The Morgan fingerprint density at radius 2 is 2.12 bits per heavy atom. The summed E-state index contributed by atoms with van der Waals surface area (Å²) in [5, 5.41) is 14.7. The first-order chi connectivity index (χ1) is 12.4. The monoisotopic (exact) mass is 388 g/mol. The Morgan fingerprint density at radius 1 is 1.31 bits per heavy atom. The zero-order chi connectivity index (χ0) is 18.7. The minimum atomic E-state index is -1.15. The molecule has 7 heteroatoms. The fraction of sp³-hybridized carbons (Fsp3) is 0.158. The Labute approximate surface area is 160 Å². The molecule has 3 aromatic rings. The predicted molar refractivity (Wildman–Crippen MR) is 104 cm³/mol. The van der Waals surface area contributed by atoms with Crippen LogP contribution in [0.15, 0.2) is 41.8 Å². The van der Waals surface area contributed by atoms with Crippen LogP contribution in [0.2, 0.25) is 5.02 Å². The van der Waals surface area contributed by atoms with Gasteiger partial charge < -0.3 is 9.84 Å². The molecular weight excluding hydrogens is 372 g/mol. The highest BCUT2D eigenvalue weighted by atomic mass is 35.5. The van der Waals surface area contributed by atoms with Crippen LogP contribution in [-0.4, -0.2) is 16.2 Å². The molecule has 3 rings (SSSR count). The van der Waals surface area contributed by atoms with Gasteiger partial charge in [0.15, 0.2) is 0 Å². The summed E-state index contributed by atoms with van der Waals surface area (Å²) in [6.45, 7) is 4.09. The number of amides is 1. The van der Waals surface area contributed by atoms with Crippen LogP contribution in [0.3, 0.4) is 0 Å². The molecule has 0 unspecified atom stereocenters. The first kappa shape index (κ1) is 18.2. The molecule has 1 amide bonds. The fourth-order valence-corrected chi connectivity index (χ4v) is 3.54. The van der Waals surface area contributed by atoms with Crippen molar-refractivity contribution >= 4 is 34.7 Å². The molecule has 0 aliphatic rings. The lowest BCUT2D eigenvalue weighted by Gasteiger charge is -2.14. The van der Waals surface area contributed by atoms with Crippen molar-refractivity contribution in [2.75, 3.05) is 5.32 Å². The van der Waals surface area contributed by atoms with Gasteiger partial charge in [0.05, 0.1) is 5.69 Å². The molecule has 26 heavy (non-hydrogen) atoms. The third-order valence-electron chi connectivity index (χ3n) is 3.77. The van der Waals surface area contributed by atoms with Crippen molar-refractivity contribution in [3.8, 4) is 16.3 Å². The van der Waals surface area contributed by atoms with Crippen LogP contribution in [0.25, 0.3) is 10.6 Å². The van der Waals surface area contributed by atoms with Crippen LogP contribution in [0, 0.1) is 13.8 Å². The maximum Gasteiger partial charge on any atom is 0.409 e. The Morgan fingerprint density at radius 3 is 2.77 bits per heavy atom. The molecule has 0 saturated heterocycles. The number of nitrogens with one attached hydrogen (secondary N) is 1. The summed E-state index contributed by atoms with van der Waals surface area (Å²) < 4.78 is 5.89. The molecule has 2 N–H and O–H groups in total. The van der Waals surface area contributed by atoms with E-state index >= 15 is 0 Å². The average Bonchev–Trinajstić information content (AvgIpc) is 3.01. The molecule has 134 valence electrons. The second-order valence-electron chi connectivity index (χ2n) is 5.76. The molecule has 0 spiro atoms. The number of hydrogen-bond acceptors (Lipinski definition) is 4. The van der Waals surface area contributed by atoms with E-state index < -0.39 is 6.09 Å². The number of aromatic nitrogens is 1. The average molecular weight is 389 g/mol. The summed E-state index contributed by atoms with van der Waals surface area (Å²) in [7, 11) is 0. The van der Waals surface area contributed by atoms with Gasteiger partial charge in [0.25, 0.3) is 0 Å². The van der Waals surface area contributed by atoms with Gasteiger partial charge in [-0.05, 0) is 49.7 Å². The molecule has 0 atom stereocenters. The first-order valence-electron chi connectivity index (χ1n) is 7.87. The van der Waals surface area contributed by atoms with E-state index in [0.717, 1.165) is 21.8 Å². The molecule has 1 heterocycles. The molecule has 1 aromatic heterocycles. The van der Waals surface area contributed by atoms with Gasteiger partial charge in [-0.3, -0.25) is 5.32 Å². The Hall–Kier alpha value is -2.57. The maximum absolute atomic E-state index is 10.9. The number of benzene rings is 2. The summed E-state index contributed by atoms with van der Waals surface area (Å²) in [6, 6.07) is 10.9. The zero-order valence-electron chi connectivity index (χ0n) is 14.2. The van der Waals surface area contributed by atoms with Gasteiger partial charge in [-0.15, -0.1) is 11.3 Å². The topological polar surface area (TPSA) is 71.5 Å². The lowest BCUT2D eigenvalue weighted by molar-refractivity contribution is 0.209. The highest BCUT2D eigenvalue weighted by Crippen LogP contribution is 2.30. The zero-order valence-corrected chi connectivity index (χ0v) is 15.8. The van der Waals surface area contributed by atoms with E-state index in [-0.39, 0.29) is 6.61 Å². The quantitative estimate of drug-likeness (QED) is 0.583. The minimum absolute atomic E-state index is 0.159. The van der Waals surface area contributed by atoms with Crippen LogP contribution in [0.1, 0.15) is 16.8 Å². The third kappa shape index (κ3) is 4.15. The van der Waals surface area contributed by atoms with Crippen molar-refractivity contribution in [1.82, 2.24) is 4.98 Å². The van der Waals surface area contributed by atoms with E-state index in [0.29, 0.717) is 22.0 Å². The van der Waals surface area contributed by atoms with Crippen molar-refractivity contribution in [3.05, 3.63) is 63.6 Å². The van der Waals surface area contributed by atoms with E-state index in [1.165, 1.54) is 0 Å². The number of halogens is 1. The van der Waals surface area contributed by atoms with Gasteiger partial charge in [0.2, 0.25) is 0 Å². The van der Waals surface area contributed by atoms with Crippen LogP contribution < -0.4 is 10.1 Å². The van der Waals surface area contributed by atoms with Crippen molar-refractivity contribution in [2.24, 2.45) is 0 Å². The van der Waals surface area contributed by atoms with Crippen molar-refractivity contribution < 1.29 is 14.6 Å². The summed E-state index contributed by atoms with van der Waals surface area (Å²) in [5.41, 5.74) is 4.02. The molecule has 5 nitrogen and oxygen atoms in total. The van der Waals surface area contributed by atoms with Gasteiger partial charge in [0, 0.05) is 27.2 Å². The summed E-state index contributed by atoms with van der Waals surface area (Å²) in [6.07, 6.45) is -1.15.